The van der Waals surface area contributed by atoms with Crippen LogP contribution in [0.15, 0.2) is 45.1 Å². The lowest BCUT2D eigenvalue weighted by Gasteiger charge is -2.07. The molecular formula is C12H12BrNO2S2. The van der Waals surface area contributed by atoms with Crippen LogP contribution in [0.4, 0.5) is 5.69 Å². The third-order valence-electron chi connectivity index (χ3n) is 2.41. The molecule has 1 aromatic heterocycles. The van der Waals surface area contributed by atoms with E-state index in [1.165, 1.54) is 11.1 Å². The van der Waals surface area contributed by atoms with Gasteiger partial charge in [0, 0.05) is 21.3 Å². The molecule has 1 N–H and O–H groups in total. The minimum absolute atomic E-state index is 0.331. The zero-order valence-corrected chi connectivity index (χ0v) is 12.9. The summed E-state index contributed by atoms with van der Waals surface area (Å²) in [6.45, 7) is 0.672. The molecule has 0 aliphatic rings. The van der Waals surface area contributed by atoms with Gasteiger partial charge in [-0.05, 0) is 45.6 Å². The van der Waals surface area contributed by atoms with Gasteiger partial charge in [0.15, 0.2) is 9.84 Å². The second kappa shape index (κ2) is 5.42. The fraction of sp³-hybridized carbons (Fsp3) is 0.167. The topological polar surface area (TPSA) is 46.2 Å². The van der Waals surface area contributed by atoms with Crippen LogP contribution in [0.1, 0.15) is 4.88 Å². The number of anilines is 1. The highest BCUT2D eigenvalue weighted by atomic mass is 79.9. The van der Waals surface area contributed by atoms with Crippen LogP contribution in [0.25, 0.3) is 0 Å². The Labute approximate surface area is 119 Å². The summed E-state index contributed by atoms with van der Waals surface area (Å²) in [5.41, 5.74) is 0.804. The number of benzene rings is 1. The minimum Gasteiger partial charge on any atom is -0.380 e. The lowest BCUT2D eigenvalue weighted by molar-refractivity contribution is 0.602. The van der Waals surface area contributed by atoms with E-state index in [2.05, 4.69) is 21.2 Å². The Morgan fingerprint density at radius 1 is 1.33 bits per heavy atom. The maximum atomic E-state index is 11.4. The van der Waals surface area contributed by atoms with E-state index in [9.17, 15) is 8.42 Å². The Balaban J connectivity index is 2.13. The second-order valence-electron chi connectivity index (χ2n) is 3.85. The van der Waals surface area contributed by atoms with Gasteiger partial charge in [-0.25, -0.2) is 8.42 Å². The smallest absolute Gasteiger partial charge is 0.175 e. The largest absolute Gasteiger partial charge is 0.380 e. The van der Waals surface area contributed by atoms with E-state index in [0.29, 0.717) is 11.4 Å². The normalized spacial score (nSPS) is 11.4. The molecule has 0 atom stereocenters. The molecule has 3 nitrogen and oxygen atoms in total. The maximum Gasteiger partial charge on any atom is 0.175 e. The molecule has 0 spiro atoms. The lowest BCUT2D eigenvalue weighted by atomic mass is 10.3. The van der Waals surface area contributed by atoms with E-state index in [4.69, 9.17) is 0 Å². The van der Waals surface area contributed by atoms with Crippen molar-refractivity contribution in [1.82, 2.24) is 0 Å². The summed E-state index contributed by atoms with van der Waals surface area (Å²) < 4.78 is 23.9. The molecule has 18 heavy (non-hydrogen) atoms. The third kappa shape index (κ3) is 3.34. The van der Waals surface area contributed by atoms with Crippen molar-refractivity contribution in [3.05, 3.63) is 45.1 Å². The van der Waals surface area contributed by atoms with Crippen molar-refractivity contribution in [1.29, 1.82) is 0 Å². The summed E-state index contributed by atoms with van der Waals surface area (Å²) in [6, 6.07) is 8.84. The molecule has 1 heterocycles. The van der Waals surface area contributed by atoms with Gasteiger partial charge in [-0.15, -0.1) is 11.3 Å². The van der Waals surface area contributed by atoms with Crippen LogP contribution >= 0.6 is 27.3 Å². The van der Waals surface area contributed by atoms with Crippen LogP contribution in [-0.2, 0) is 16.4 Å². The summed E-state index contributed by atoms with van der Waals surface area (Å²) >= 11 is 5.11. The first-order valence-corrected chi connectivity index (χ1v) is 8.79. The Morgan fingerprint density at radius 2 is 2.11 bits per heavy atom. The molecule has 96 valence electrons. The molecule has 0 saturated heterocycles. The molecule has 6 heteroatoms. The number of hydrogen-bond donors (Lipinski definition) is 1. The average Bonchev–Trinajstić information content (AvgIpc) is 2.72. The highest BCUT2D eigenvalue weighted by molar-refractivity contribution is 9.10. The molecule has 0 amide bonds. The highest BCUT2D eigenvalue weighted by Crippen LogP contribution is 2.24. The monoisotopic (exact) mass is 345 g/mol. The number of halogens is 1. The zero-order valence-electron chi connectivity index (χ0n) is 9.68. The number of thiophene rings is 1. The van der Waals surface area contributed by atoms with Crippen LogP contribution in [0.2, 0.25) is 0 Å². The van der Waals surface area contributed by atoms with Crippen molar-refractivity contribution >= 4 is 42.8 Å². The summed E-state index contributed by atoms with van der Waals surface area (Å²) in [6.07, 6.45) is 1.21. The fourth-order valence-corrected chi connectivity index (χ4v) is 3.57. The van der Waals surface area contributed by atoms with Crippen LogP contribution in [0, 0.1) is 0 Å². The third-order valence-corrected chi connectivity index (χ3v) is 5.44. The molecule has 2 rings (SSSR count). The predicted octanol–water partition coefficient (Wildman–Crippen LogP) is 3.53. The van der Waals surface area contributed by atoms with Crippen LogP contribution in [-0.4, -0.2) is 14.7 Å². The highest BCUT2D eigenvalue weighted by Gasteiger charge is 2.07. The number of rotatable bonds is 4. The van der Waals surface area contributed by atoms with Gasteiger partial charge < -0.3 is 5.32 Å². The van der Waals surface area contributed by atoms with Gasteiger partial charge in [0.05, 0.1) is 11.4 Å². The fourth-order valence-electron chi connectivity index (χ4n) is 1.47. The first kappa shape index (κ1) is 13.6. The molecule has 1 aromatic carbocycles. The summed E-state index contributed by atoms with van der Waals surface area (Å²) in [4.78, 5) is 1.51. The van der Waals surface area contributed by atoms with Gasteiger partial charge >= 0.3 is 0 Å². The minimum atomic E-state index is -3.15. The van der Waals surface area contributed by atoms with E-state index in [1.807, 2.05) is 17.5 Å². The molecule has 2 aromatic rings. The van der Waals surface area contributed by atoms with Crippen molar-refractivity contribution in [2.75, 3.05) is 11.6 Å². The maximum absolute atomic E-state index is 11.4. The lowest BCUT2D eigenvalue weighted by Crippen LogP contribution is -2.01. The molecule has 0 saturated carbocycles. The van der Waals surface area contributed by atoms with Crippen molar-refractivity contribution in [3.8, 4) is 0 Å². The van der Waals surface area contributed by atoms with Gasteiger partial charge in [-0.2, -0.15) is 0 Å². The quantitative estimate of drug-likeness (QED) is 0.921. The summed E-state index contributed by atoms with van der Waals surface area (Å²) in [5.74, 6) is 0. The van der Waals surface area contributed by atoms with Crippen molar-refractivity contribution in [3.63, 3.8) is 0 Å². The van der Waals surface area contributed by atoms with Gasteiger partial charge in [0.1, 0.15) is 0 Å². The van der Waals surface area contributed by atoms with Gasteiger partial charge in [-0.3, -0.25) is 0 Å². The number of nitrogens with one attached hydrogen (secondary N) is 1. The Hall–Kier alpha value is -0.850. The van der Waals surface area contributed by atoms with E-state index >= 15 is 0 Å². The number of hydrogen-bond acceptors (Lipinski definition) is 4. The Kier molecular flexibility index (Phi) is 4.09. The molecule has 0 aliphatic carbocycles. The van der Waals surface area contributed by atoms with Crippen LogP contribution in [0.5, 0.6) is 0 Å². The zero-order chi connectivity index (χ0) is 13.2. The first-order valence-electron chi connectivity index (χ1n) is 5.22. The SMILES string of the molecule is CS(=O)(=O)c1cccc(NCc2sccc2Br)c1. The van der Waals surface area contributed by atoms with Crippen LogP contribution < -0.4 is 5.32 Å². The van der Waals surface area contributed by atoms with Gasteiger partial charge in [-0.1, -0.05) is 6.07 Å². The molecule has 0 aliphatic heterocycles. The Morgan fingerprint density at radius 3 is 2.72 bits per heavy atom. The average molecular weight is 346 g/mol. The summed E-state index contributed by atoms with van der Waals surface area (Å²) in [5, 5.41) is 5.22. The van der Waals surface area contributed by atoms with Crippen molar-refractivity contribution in [2.24, 2.45) is 0 Å². The van der Waals surface area contributed by atoms with E-state index in [0.717, 1.165) is 10.2 Å². The predicted molar refractivity (Wildman–Crippen MR) is 78.9 cm³/mol. The molecule has 0 bridgehead atoms. The van der Waals surface area contributed by atoms with E-state index < -0.39 is 9.84 Å². The molecule has 0 unspecified atom stereocenters. The van der Waals surface area contributed by atoms with Crippen LogP contribution in [0.3, 0.4) is 0 Å². The Bertz CT molecular complexity index is 650. The first-order chi connectivity index (χ1) is 8.47. The number of sulfone groups is 1. The second-order valence-corrected chi connectivity index (χ2v) is 7.72. The molecule has 0 radical (unpaired) electrons. The van der Waals surface area contributed by atoms with Crippen molar-refractivity contribution in [2.45, 2.75) is 11.4 Å². The van der Waals surface area contributed by atoms with E-state index in [1.54, 1.807) is 29.5 Å². The molecule has 0 fully saturated rings. The van der Waals surface area contributed by atoms with Crippen molar-refractivity contribution < 1.29 is 8.42 Å². The van der Waals surface area contributed by atoms with Gasteiger partial charge in [0.2, 0.25) is 0 Å². The summed E-state index contributed by atoms with van der Waals surface area (Å²) in [7, 11) is -3.15. The molecular weight excluding hydrogens is 334 g/mol. The van der Waals surface area contributed by atoms with E-state index in [-0.39, 0.29) is 0 Å². The van der Waals surface area contributed by atoms with Gasteiger partial charge in [0.25, 0.3) is 0 Å². The standard InChI is InChI=1S/C12H12BrNO2S2/c1-18(15,16)10-4-2-3-9(7-10)14-8-12-11(13)5-6-17-12/h2-7,14H,8H2,1H3.